The van der Waals surface area contributed by atoms with Crippen LogP contribution in [0.5, 0.6) is 0 Å². The van der Waals surface area contributed by atoms with Gasteiger partial charge in [-0.25, -0.2) is 0 Å². The summed E-state index contributed by atoms with van der Waals surface area (Å²) in [7, 11) is 1.61. The molecule has 6 nitrogen and oxygen atoms in total. The van der Waals surface area contributed by atoms with Crippen LogP contribution in [0.1, 0.15) is 26.8 Å². The highest BCUT2D eigenvalue weighted by atomic mass is 32.2. The van der Waals surface area contributed by atoms with E-state index in [-0.39, 0.29) is 18.0 Å². The predicted molar refractivity (Wildman–Crippen MR) is 70.6 cm³/mol. The van der Waals surface area contributed by atoms with Crippen molar-refractivity contribution < 1.29 is 9.53 Å². The fourth-order valence-corrected chi connectivity index (χ4v) is 2.28. The first-order valence-corrected chi connectivity index (χ1v) is 6.83. The summed E-state index contributed by atoms with van der Waals surface area (Å²) in [4.78, 5) is 11.7. The minimum absolute atomic E-state index is 0.0195. The zero-order chi connectivity index (χ0) is 13.5. The number of methoxy groups -OCH3 is 1. The van der Waals surface area contributed by atoms with Crippen LogP contribution in [0.3, 0.4) is 0 Å². The Bertz CT molecular complexity index is 381. The van der Waals surface area contributed by atoms with Crippen molar-refractivity contribution in [2.45, 2.75) is 38.0 Å². The van der Waals surface area contributed by atoms with Gasteiger partial charge in [-0.2, -0.15) is 0 Å². The van der Waals surface area contributed by atoms with E-state index in [2.05, 4.69) is 15.5 Å². The van der Waals surface area contributed by atoms with Crippen LogP contribution in [0.15, 0.2) is 11.5 Å². The van der Waals surface area contributed by atoms with E-state index in [0.29, 0.717) is 12.4 Å². The smallest absolute Gasteiger partial charge is 0.230 e. The third-order valence-corrected chi connectivity index (χ3v) is 3.21. The standard InChI is InChI=1S/C11H20N4O2S/c1-8(2)15-7-12-14-11(15)18-6-10(16)13-9(3)5-17-4/h7-9H,5-6H2,1-4H3,(H,13,16)/t9-/m0/s1. The Morgan fingerprint density at radius 3 is 2.89 bits per heavy atom. The molecule has 0 bridgehead atoms. The molecule has 1 N–H and O–H groups in total. The van der Waals surface area contributed by atoms with Crippen LogP contribution >= 0.6 is 11.8 Å². The number of hydrogen-bond acceptors (Lipinski definition) is 5. The zero-order valence-corrected chi connectivity index (χ0v) is 12.0. The predicted octanol–water partition coefficient (Wildman–Crippen LogP) is 1.10. The minimum Gasteiger partial charge on any atom is -0.383 e. The second-order valence-corrected chi connectivity index (χ2v) is 5.27. The van der Waals surface area contributed by atoms with Gasteiger partial charge in [-0.15, -0.1) is 10.2 Å². The van der Waals surface area contributed by atoms with Crippen LogP contribution in [0.25, 0.3) is 0 Å². The van der Waals surface area contributed by atoms with Crippen LogP contribution in [-0.4, -0.2) is 46.2 Å². The molecule has 0 saturated heterocycles. The third-order valence-electron chi connectivity index (χ3n) is 2.25. The van der Waals surface area contributed by atoms with Gasteiger partial charge in [-0.3, -0.25) is 4.79 Å². The molecule has 0 aliphatic carbocycles. The van der Waals surface area contributed by atoms with Gasteiger partial charge in [0.1, 0.15) is 6.33 Å². The molecule has 102 valence electrons. The van der Waals surface area contributed by atoms with Crippen LogP contribution in [0.4, 0.5) is 0 Å². The monoisotopic (exact) mass is 272 g/mol. The van der Waals surface area contributed by atoms with E-state index in [1.807, 2.05) is 25.3 Å². The highest BCUT2D eigenvalue weighted by Gasteiger charge is 2.12. The number of nitrogens with one attached hydrogen (secondary N) is 1. The van der Waals surface area contributed by atoms with Crippen molar-refractivity contribution in [3.63, 3.8) is 0 Å². The molecule has 0 saturated carbocycles. The normalized spacial score (nSPS) is 12.7. The number of carbonyl (C=O) groups excluding carboxylic acids is 1. The van der Waals surface area contributed by atoms with Crippen LogP contribution in [0, 0.1) is 0 Å². The summed E-state index contributed by atoms with van der Waals surface area (Å²) in [6, 6.07) is 0.309. The third kappa shape index (κ3) is 4.66. The van der Waals surface area contributed by atoms with Crippen molar-refractivity contribution in [2.75, 3.05) is 19.5 Å². The summed E-state index contributed by atoms with van der Waals surface area (Å²) in [6.07, 6.45) is 1.68. The number of hydrogen-bond donors (Lipinski definition) is 1. The fraction of sp³-hybridized carbons (Fsp3) is 0.727. The highest BCUT2D eigenvalue weighted by molar-refractivity contribution is 7.99. The van der Waals surface area contributed by atoms with Gasteiger partial charge in [0.15, 0.2) is 5.16 Å². The molecule has 0 fully saturated rings. The molecule has 0 aromatic carbocycles. The molecule has 0 aliphatic heterocycles. The maximum Gasteiger partial charge on any atom is 0.230 e. The molecule has 0 aliphatic rings. The molecule has 0 unspecified atom stereocenters. The molecule has 1 aromatic rings. The van der Waals surface area contributed by atoms with Crippen LogP contribution in [-0.2, 0) is 9.53 Å². The maximum absolute atomic E-state index is 11.7. The summed E-state index contributed by atoms with van der Waals surface area (Å²) < 4.78 is 6.90. The van der Waals surface area contributed by atoms with Gasteiger partial charge in [0.25, 0.3) is 0 Å². The number of ether oxygens (including phenoxy) is 1. The molecule has 7 heteroatoms. The lowest BCUT2D eigenvalue weighted by atomic mass is 10.3. The molecule has 0 radical (unpaired) electrons. The second kappa shape index (κ2) is 7.38. The van der Waals surface area contributed by atoms with Crippen LogP contribution in [0.2, 0.25) is 0 Å². The molecule has 1 atom stereocenters. The zero-order valence-electron chi connectivity index (χ0n) is 11.2. The van der Waals surface area contributed by atoms with Gasteiger partial charge in [0, 0.05) is 19.2 Å². The largest absolute Gasteiger partial charge is 0.383 e. The van der Waals surface area contributed by atoms with Crippen molar-refractivity contribution >= 4 is 17.7 Å². The highest BCUT2D eigenvalue weighted by Crippen LogP contribution is 2.18. The Morgan fingerprint density at radius 2 is 2.28 bits per heavy atom. The van der Waals surface area contributed by atoms with Gasteiger partial charge in [-0.05, 0) is 20.8 Å². The quantitative estimate of drug-likeness (QED) is 0.753. The van der Waals surface area contributed by atoms with E-state index in [0.717, 1.165) is 5.16 Å². The van der Waals surface area contributed by atoms with Crippen molar-refractivity contribution in [1.29, 1.82) is 0 Å². The molecule has 0 spiro atoms. The number of carbonyl (C=O) groups is 1. The lowest BCUT2D eigenvalue weighted by molar-refractivity contribution is -0.119. The van der Waals surface area contributed by atoms with E-state index in [1.54, 1.807) is 13.4 Å². The van der Waals surface area contributed by atoms with Gasteiger partial charge < -0.3 is 14.6 Å². The summed E-state index contributed by atoms with van der Waals surface area (Å²) in [6.45, 7) is 6.52. The molecule has 1 aromatic heterocycles. The lowest BCUT2D eigenvalue weighted by Crippen LogP contribution is -2.36. The first kappa shape index (κ1) is 15.0. The first-order valence-electron chi connectivity index (χ1n) is 5.85. The fourth-order valence-electron chi connectivity index (χ4n) is 1.43. The number of aromatic nitrogens is 3. The number of amides is 1. The van der Waals surface area contributed by atoms with Crippen molar-refractivity contribution in [2.24, 2.45) is 0 Å². The van der Waals surface area contributed by atoms with Crippen molar-refractivity contribution in [3.8, 4) is 0 Å². The van der Waals surface area contributed by atoms with Gasteiger partial charge in [0.05, 0.1) is 12.4 Å². The number of rotatable bonds is 7. The summed E-state index contributed by atoms with van der Waals surface area (Å²) >= 11 is 1.39. The molecular formula is C11H20N4O2S. The SMILES string of the molecule is COC[C@H](C)NC(=O)CSc1nncn1C(C)C. The molecule has 18 heavy (non-hydrogen) atoms. The Balaban J connectivity index is 2.40. The number of thioether (sulfide) groups is 1. The van der Waals surface area contributed by atoms with Crippen molar-refractivity contribution in [1.82, 2.24) is 20.1 Å². The van der Waals surface area contributed by atoms with Gasteiger partial charge in [-0.1, -0.05) is 11.8 Å². The van der Waals surface area contributed by atoms with E-state index >= 15 is 0 Å². The molecule has 1 rings (SSSR count). The van der Waals surface area contributed by atoms with Crippen LogP contribution < -0.4 is 5.32 Å². The lowest BCUT2D eigenvalue weighted by Gasteiger charge is -2.13. The average Bonchev–Trinajstić information content (AvgIpc) is 2.74. The van der Waals surface area contributed by atoms with E-state index in [1.165, 1.54) is 11.8 Å². The van der Waals surface area contributed by atoms with E-state index in [9.17, 15) is 4.79 Å². The Kier molecular flexibility index (Phi) is 6.14. The summed E-state index contributed by atoms with van der Waals surface area (Å²) in [5.41, 5.74) is 0. The minimum atomic E-state index is -0.0251. The Labute approximate surface area is 111 Å². The molecular weight excluding hydrogens is 252 g/mol. The number of nitrogens with zero attached hydrogens (tertiary/aromatic N) is 3. The molecule has 1 amide bonds. The second-order valence-electron chi connectivity index (χ2n) is 4.33. The summed E-state index contributed by atoms with van der Waals surface area (Å²) in [5.74, 6) is 0.308. The Morgan fingerprint density at radius 1 is 1.56 bits per heavy atom. The Hall–Kier alpha value is -1.08. The average molecular weight is 272 g/mol. The van der Waals surface area contributed by atoms with E-state index in [4.69, 9.17) is 4.74 Å². The van der Waals surface area contributed by atoms with E-state index < -0.39 is 0 Å². The first-order chi connectivity index (χ1) is 8.54. The maximum atomic E-state index is 11.7. The molecule has 1 heterocycles. The topological polar surface area (TPSA) is 69.0 Å². The van der Waals surface area contributed by atoms with Gasteiger partial charge >= 0.3 is 0 Å². The summed E-state index contributed by atoms with van der Waals surface area (Å²) in [5, 5.41) is 11.5. The van der Waals surface area contributed by atoms with Gasteiger partial charge in [0.2, 0.25) is 5.91 Å². The van der Waals surface area contributed by atoms with Crippen molar-refractivity contribution in [3.05, 3.63) is 6.33 Å².